The second kappa shape index (κ2) is 12.2. The van der Waals surface area contributed by atoms with Crippen molar-refractivity contribution >= 4 is 11.9 Å². The van der Waals surface area contributed by atoms with E-state index in [4.69, 9.17) is 8.85 Å². The molecule has 3 rings (SSSR count). The van der Waals surface area contributed by atoms with Crippen LogP contribution in [0, 0.1) is 5.92 Å². The molecule has 0 N–H and O–H groups in total. The molecule has 2 unspecified atom stereocenters. The van der Waals surface area contributed by atoms with Crippen molar-refractivity contribution in [3.8, 4) is 11.5 Å². The van der Waals surface area contributed by atoms with Crippen LogP contribution in [0.25, 0.3) is 0 Å². The van der Waals surface area contributed by atoms with Crippen LogP contribution in [0.1, 0.15) is 74.0 Å². The predicted molar refractivity (Wildman–Crippen MR) is 131 cm³/mol. The number of unbranched alkanes of at least 4 members (excludes halogenated alkanes) is 1. The number of allylic oxidation sites excluding steroid dienone is 1. The topological polar surface area (TPSA) is 61.8 Å². The summed E-state index contributed by atoms with van der Waals surface area (Å²) in [4.78, 5) is 24.9. The van der Waals surface area contributed by atoms with Gasteiger partial charge in [-0.25, -0.2) is 9.59 Å². The average Bonchev–Trinajstić information content (AvgIpc) is 2.91. The number of ether oxygens (including phenoxy) is 3. The van der Waals surface area contributed by atoms with E-state index >= 15 is 0 Å². The number of aryl methyl sites for hydroxylation is 1. The number of esters is 2. The Morgan fingerprint density at radius 1 is 0.978 bits per heavy atom. The second-order valence-electron chi connectivity index (χ2n) is 11.1. The van der Waals surface area contributed by atoms with Crippen molar-refractivity contribution in [2.45, 2.75) is 101 Å². The van der Waals surface area contributed by atoms with E-state index in [0.29, 0.717) is 0 Å². The van der Waals surface area contributed by atoms with Gasteiger partial charge >= 0.3 is 42.1 Å². The van der Waals surface area contributed by atoms with E-state index in [1.807, 2.05) is 0 Å². The molecule has 17 heteroatoms. The fourth-order valence-electron chi connectivity index (χ4n) is 5.05. The van der Waals surface area contributed by atoms with Crippen molar-refractivity contribution < 1.29 is 80.6 Å². The molecule has 5 nitrogen and oxygen atoms in total. The van der Waals surface area contributed by atoms with Gasteiger partial charge in [0.25, 0.3) is 0 Å². The maximum Gasteiger partial charge on any atom is 0.460 e. The number of hydrogen-bond donors (Lipinski definition) is 0. The number of rotatable bonds is 10. The van der Waals surface area contributed by atoms with Crippen LogP contribution in [0.3, 0.4) is 0 Å². The molecule has 0 radical (unpaired) electrons. The lowest BCUT2D eigenvalue weighted by Crippen LogP contribution is -2.57. The average molecular weight is 676 g/mol. The lowest BCUT2D eigenvalue weighted by atomic mass is 9.67. The molecule has 0 amide bonds. The standard InChI is InChI=1S/C28H28F12O5/c1-4-5-6-7-14-10-18(44-22(42)25(31,32)26(33,34)28(38,39)40)20-16-12-15(21(41)43-13-24(29,30)27(35,36)37)8-9-17(16)23(2,3)45-19(20)11-14/h10-12,16-17H,4-9,13H2,1-3H3/i1D3. The summed E-state index contributed by atoms with van der Waals surface area (Å²) in [6.07, 6.45) is -12.4. The number of hydrogen-bond acceptors (Lipinski definition) is 5. The maximum absolute atomic E-state index is 14.3. The van der Waals surface area contributed by atoms with E-state index in [2.05, 4.69) is 9.47 Å². The van der Waals surface area contributed by atoms with Gasteiger partial charge in [-0.2, -0.15) is 52.7 Å². The van der Waals surface area contributed by atoms with E-state index in [1.54, 1.807) is 0 Å². The van der Waals surface area contributed by atoms with Crippen molar-refractivity contribution in [1.29, 1.82) is 0 Å². The number of carbonyl (C=O) groups excluding carboxylic acids is 2. The lowest BCUT2D eigenvalue weighted by molar-refractivity contribution is -0.346. The molecule has 0 saturated carbocycles. The SMILES string of the molecule is [2H]C([2H])([2H])CCCCc1cc(OC(=O)C(F)(F)C(F)(F)C(F)(F)F)c2c(c1)OC(C)(C)C1CCC(C(=O)OCC(F)(F)C(F)(F)F)=CC21. The van der Waals surface area contributed by atoms with E-state index < -0.39 is 89.8 Å². The Hall–Kier alpha value is -3.14. The Balaban J connectivity index is 2.09. The molecule has 2 atom stereocenters. The van der Waals surface area contributed by atoms with Crippen LogP contribution >= 0.6 is 0 Å². The molecular weight excluding hydrogens is 644 g/mol. The number of carbonyl (C=O) groups is 2. The zero-order valence-corrected chi connectivity index (χ0v) is 23.4. The van der Waals surface area contributed by atoms with Gasteiger partial charge in [-0.3, -0.25) is 0 Å². The van der Waals surface area contributed by atoms with Gasteiger partial charge in [-0.05, 0) is 57.2 Å². The first-order valence-electron chi connectivity index (χ1n) is 14.7. The van der Waals surface area contributed by atoms with Crippen molar-refractivity contribution in [3.63, 3.8) is 0 Å². The van der Waals surface area contributed by atoms with Crippen LogP contribution in [0.5, 0.6) is 11.5 Å². The molecule has 45 heavy (non-hydrogen) atoms. The highest BCUT2D eigenvalue weighted by molar-refractivity contribution is 5.89. The molecule has 1 aromatic rings. The Bertz CT molecular complexity index is 1420. The van der Waals surface area contributed by atoms with Crippen LogP contribution in [-0.4, -0.2) is 54.3 Å². The quantitative estimate of drug-likeness (QED) is 0.108. The molecule has 1 aliphatic heterocycles. The molecule has 0 spiro atoms. The number of benzene rings is 1. The predicted octanol–water partition coefficient (Wildman–Crippen LogP) is 8.49. The summed E-state index contributed by atoms with van der Waals surface area (Å²) in [6, 6.07) is 2.11. The minimum absolute atomic E-state index is 0.0538. The monoisotopic (exact) mass is 675 g/mol. The van der Waals surface area contributed by atoms with Gasteiger partial charge in [0.1, 0.15) is 17.1 Å². The molecule has 254 valence electrons. The van der Waals surface area contributed by atoms with Gasteiger partial charge in [-0.15, -0.1) is 0 Å². The zero-order valence-electron chi connectivity index (χ0n) is 26.4. The van der Waals surface area contributed by atoms with Gasteiger partial charge in [0.15, 0.2) is 6.61 Å². The van der Waals surface area contributed by atoms with Crippen LogP contribution < -0.4 is 9.47 Å². The molecule has 2 aliphatic rings. The minimum Gasteiger partial charge on any atom is -0.487 e. The van der Waals surface area contributed by atoms with Crippen molar-refractivity contribution in [2.24, 2.45) is 5.92 Å². The maximum atomic E-state index is 14.3. The summed E-state index contributed by atoms with van der Waals surface area (Å²) < 4.78 is 195. The molecular formula is C28H28F12O5. The fraction of sp³-hybridized carbons (Fsp3) is 0.643. The largest absolute Gasteiger partial charge is 0.487 e. The highest BCUT2D eigenvalue weighted by Gasteiger charge is 2.77. The first-order chi connectivity index (χ1) is 21.5. The molecule has 1 heterocycles. The third-order valence-electron chi connectivity index (χ3n) is 7.47. The van der Waals surface area contributed by atoms with E-state index in [0.717, 1.165) is 12.1 Å². The number of fused-ring (bicyclic) bond motifs is 3. The molecule has 0 aromatic heterocycles. The Morgan fingerprint density at radius 3 is 2.20 bits per heavy atom. The van der Waals surface area contributed by atoms with E-state index in [-0.39, 0.29) is 49.8 Å². The minimum atomic E-state index is -6.89. The Labute approximate surface area is 253 Å². The van der Waals surface area contributed by atoms with Crippen LogP contribution in [-0.2, 0) is 20.7 Å². The van der Waals surface area contributed by atoms with Gasteiger partial charge in [0.05, 0.1) is 0 Å². The molecule has 1 aliphatic carbocycles. The summed E-state index contributed by atoms with van der Waals surface area (Å²) in [5.74, 6) is -27.1. The normalized spacial score (nSPS) is 21.6. The third-order valence-corrected chi connectivity index (χ3v) is 7.47. The molecule has 0 fully saturated rings. The fourth-order valence-corrected chi connectivity index (χ4v) is 5.05. The summed E-state index contributed by atoms with van der Waals surface area (Å²) in [6.45, 7) is -1.66. The number of alkyl halides is 12. The zero-order chi connectivity index (χ0) is 36.9. The van der Waals surface area contributed by atoms with Crippen LogP contribution in [0.15, 0.2) is 23.8 Å². The first-order valence-corrected chi connectivity index (χ1v) is 13.2. The summed E-state index contributed by atoms with van der Waals surface area (Å²) in [5, 5.41) is 0. The smallest absolute Gasteiger partial charge is 0.460 e. The van der Waals surface area contributed by atoms with E-state index in [1.165, 1.54) is 19.9 Å². The molecule has 0 saturated heterocycles. The van der Waals surface area contributed by atoms with Gasteiger partial charge in [-0.1, -0.05) is 25.8 Å². The molecule has 1 aromatic carbocycles. The first kappa shape index (κ1) is 31.8. The second-order valence-corrected chi connectivity index (χ2v) is 11.1. The van der Waals surface area contributed by atoms with E-state index in [9.17, 15) is 62.3 Å². The van der Waals surface area contributed by atoms with Crippen LogP contribution in [0.2, 0.25) is 0 Å². The highest BCUT2D eigenvalue weighted by atomic mass is 19.4. The van der Waals surface area contributed by atoms with Crippen molar-refractivity contribution in [2.75, 3.05) is 6.61 Å². The summed E-state index contributed by atoms with van der Waals surface area (Å²) >= 11 is 0. The van der Waals surface area contributed by atoms with Crippen LogP contribution in [0.4, 0.5) is 52.7 Å². The van der Waals surface area contributed by atoms with Gasteiger partial charge in [0.2, 0.25) is 0 Å². The summed E-state index contributed by atoms with van der Waals surface area (Å²) in [5.41, 5.74) is -2.02. The molecule has 0 bridgehead atoms. The Morgan fingerprint density at radius 2 is 1.62 bits per heavy atom. The highest BCUT2D eigenvalue weighted by Crippen LogP contribution is 2.55. The Kier molecular flexibility index (Phi) is 8.65. The van der Waals surface area contributed by atoms with Gasteiger partial charge in [0, 0.05) is 27.1 Å². The van der Waals surface area contributed by atoms with Crippen molar-refractivity contribution in [3.05, 3.63) is 34.9 Å². The number of halogens is 12. The van der Waals surface area contributed by atoms with Crippen molar-refractivity contribution in [1.82, 2.24) is 0 Å². The lowest BCUT2D eigenvalue weighted by Gasteiger charge is -2.46. The summed E-state index contributed by atoms with van der Waals surface area (Å²) in [7, 11) is 0. The van der Waals surface area contributed by atoms with Gasteiger partial charge < -0.3 is 14.2 Å². The third kappa shape index (κ3) is 7.16.